The number of hydrogen-bond donors (Lipinski definition) is 3. The number of aryl methyl sites for hydroxylation is 1. The largest absolute Gasteiger partial charge is 0.394 e. The Labute approximate surface area is 230 Å². The fraction of sp³-hybridized carbons (Fsp3) is 0.357. The molecule has 3 N–H and O–H groups in total. The lowest BCUT2D eigenvalue weighted by Crippen LogP contribution is -2.40. The zero-order chi connectivity index (χ0) is 27.5. The van der Waals surface area contributed by atoms with Crippen LogP contribution in [0.4, 0.5) is 10.3 Å². The van der Waals surface area contributed by atoms with Crippen LogP contribution in [0.2, 0.25) is 5.02 Å². The molecule has 2 aromatic carbocycles. The minimum absolute atomic E-state index is 0.193. The molecule has 3 aromatic rings. The smallest absolute Gasteiger partial charge is 0.254 e. The molecule has 2 amide bonds. The van der Waals surface area contributed by atoms with Crippen LogP contribution >= 0.6 is 11.6 Å². The van der Waals surface area contributed by atoms with Crippen molar-refractivity contribution in [2.24, 2.45) is 0 Å². The molecule has 0 radical (unpaired) electrons. The molecule has 0 spiro atoms. The molecule has 39 heavy (non-hydrogen) atoms. The van der Waals surface area contributed by atoms with E-state index in [-0.39, 0.29) is 30.6 Å². The molecule has 2 aliphatic rings. The van der Waals surface area contributed by atoms with Crippen LogP contribution < -0.4 is 10.6 Å². The average Bonchev–Trinajstić information content (AvgIpc) is 3.24. The van der Waals surface area contributed by atoms with Crippen molar-refractivity contribution >= 4 is 29.4 Å². The highest BCUT2D eigenvalue weighted by molar-refractivity contribution is 6.33. The Bertz CT molecular complexity index is 1400. The second kappa shape index (κ2) is 11.6. The first kappa shape index (κ1) is 27.0. The van der Waals surface area contributed by atoms with Crippen molar-refractivity contribution in [2.75, 3.05) is 31.7 Å². The zero-order valence-electron chi connectivity index (χ0n) is 21.4. The summed E-state index contributed by atoms with van der Waals surface area (Å²) < 4.78 is 19.7. The number of halogens is 2. The van der Waals surface area contributed by atoms with Crippen LogP contribution in [0.5, 0.6) is 0 Å². The summed E-state index contributed by atoms with van der Waals surface area (Å²) in [6.07, 6.45) is 3.25. The van der Waals surface area contributed by atoms with Crippen LogP contribution in [-0.2, 0) is 16.1 Å². The standard InChI is InChI=1S/C28H29ClFN5O4/c1-16-2-5-23(30)21(10-16)24(15-36)33-25(37)14-35-13-18-4-3-17(11-20(18)27(35)38)26-22(29)12-31-28(34-26)32-19-6-8-39-9-7-19/h2-5,10-12,19,24,36H,6-9,13-15H2,1H3,(H,33,37)(H,31,32,34)/t24-/m1/s1. The summed E-state index contributed by atoms with van der Waals surface area (Å²) in [7, 11) is 0. The molecule has 0 bridgehead atoms. The highest BCUT2D eigenvalue weighted by atomic mass is 35.5. The van der Waals surface area contributed by atoms with Gasteiger partial charge in [-0.15, -0.1) is 0 Å². The van der Waals surface area contributed by atoms with E-state index in [9.17, 15) is 19.1 Å². The lowest BCUT2D eigenvalue weighted by molar-refractivity contribution is -0.122. The second-order valence-electron chi connectivity index (χ2n) is 9.78. The van der Waals surface area contributed by atoms with E-state index in [0.29, 0.717) is 41.0 Å². The Kier molecular flexibility index (Phi) is 8.06. The van der Waals surface area contributed by atoms with Crippen molar-refractivity contribution in [2.45, 2.75) is 38.4 Å². The molecule has 3 heterocycles. The fourth-order valence-electron chi connectivity index (χ4n) is 4.87. The van der Waals surface area contributed by atoms with Crippen LogP contribution in [0.1, 0.15) is 45.9 Å². The Hall–Kier alpha value is -3.60. The first-order chi connectivity index (χ1) is 18.8. The van der Waals surface area contributed by atoms with E-state index in [1.54, 1.807) is 25.1 Å². The number of aromatic nitrogens is 2. The number of anilines is 1. The highest BCUT2D eigenvalue weighted by Gasteiger charge is 2.30. The van der Waals surface area contributed by atoms with Crippen LogP contribution in [0.3, 0.4) is 0 Å². The van der Waals surface area contributed by atoms with Gasteiger partial charge in [-0.1, -0.05) is 41.4 Å². The number of nitrogens with zero attached hydrogens (tertiary/aromatic N) is 3. The molecule has 204 valence electrons. The van der Waals surface area contributed by atoms with Crippen molar-refractivity contribution in [1.29, 1.82) is 0 Å². The molecule has 0 saturated carbocycles. The second-order valence-corrected chi connectivity index (χ2v) is 10.2. The van der Waals surface area contributed by atoms with Gasteiger partial charge in [0.05, 0.1) is 29.6 Å². The molecule has 9 nitrogen and oxygen atoms in total. The summed E-state index contributed by atoms with van der Waals surface area (Å²) in [6, 6.07) is 9.16. The maximum Gasteiger partial charge on any atom is 0.254 e. The highest BCUT2D eigenvalue weighted by Crippen LogP contribution is 2.32. The minimum atomic E-state index is -0.923. The lowest BCUT2D eigenvalue weighted by Gasteiger charge is -2.23. The average molecular weight is 554 g/mol. The van der Waals surface area contributed by atoms with Gasteiger partial charge in [-0.05, 0) is 37.5 Å². The number of benzene rings is 2. The molecule has 0 unspecified atom stereocenters. The topological polar surface area (TPSA) is 117 Å². The number of ether oxygens (including phenoxy) is 1. The third-order valence-corrected chi connectivity index (χ3v) is 7.22. The molecule has 11 heteroatoms. The van der Waals surface area contributed by atoms with Gasteiger partial charge in [-0.25, -0.2) is 14.4 Å². The van der Waals surface area contributed by atoms with Crippen molar-refractivity contribution in [1.82, 2.24) is 20.2 Å². The van der Waals surface area contributed by atoms with Gasteiger partial charge < -0.3 is 25.4 Å². The van der Waals surface area contributed by atoms with E-state index < -0.39 is 24.4 Å². The van der Waals surface area contributed by atoms with E-state index in [0.717, 1.165) is 24.0 Å². The van der Waals surface area contributed by atoms with Gasteiger partial charge in [-0.2, -0.15) is 0 Å². The summed E-state index contributed by atoms with van der Waals surface area (Å²) >= 11 is 6.42. The molecule has 5 rings (SSSR count). The van der Waals surface area contributed by atoms with Gasteiger partial charge in [0.15, 0.2) is 0 Å². The van der Waals surface area contributed by atoms with Gasteiger partial charge in [0.2, 0.25) is 11.9 Å². The first-order valence-corrected chi connectivity index (χ1v) is 13.2. The molecule has 0 aliphatic carbocycles. The number of amides is 2. The number of hydrogen-bond acceptors (Lipinski definition) is 7. The van der Waals surface area contributed by atoms with E-state index in [1.807, 2.05) is 12.1 Å². The lowest BCUT2D eigenvalue weighted by atomic mass is 10.0. The SMILES string of the molecule is Cc1ccc(F)c([C@@H](CO)NC(=O)CN2Cc3ccc(-c4nc(NC5CCOCC5)ncc4Cl)cc3C2=O)c1. The van der Waals surface area contributed by atoms with Gasteiger partial charge >= 0.3 is 0 Å². The Morgan fingerprint density at radius 3 is 2.82 bits per heavy atom. The number of nitrogens with one attached hydrogen (secondary N) is 2. The maximum absolute atomic E-state index is 14.3. The normalized spacial score (nSPS) is 16.2. The van der Waals surface area contributed by atoms with Crippen molar-refractivity contribution in [3.05, 3.63) is 75.7 Å². The molecule has 2 aliphatic heterocycles. The van der Waals surface area contributed by atoms with E-state index >= 15 is 0 Å². The molecule has 1 aromatic heterocycles. The van der Waals surface area contributed by atoms with Crippen LogP contribution in [0, 0.1) is 12.7 Å². The zero-order valence-corrected chi connectivity index (χ0v) is 22.2. The predicted molar refractivity (Wildman–Crippen MR) is 144 cm³/mol. The number of fused-ring (bicyclic) bond motifs is 1. The molecule has 1 fully saturated rings. The summed E-state index contributed by atoms with van der Waals surface area (Å²) in [4.78, 5) is 36.3. The number of carbonyl (C=O) groups is 2. The van der Waals surface area contributed by atoms with Crippen LogP contribution in [0.15, 0.2) is 42.6 Å². The quantitative estimate of drug-likeness (QED) is 0.390. The Morgan fingerprint density at radius 2 is 2.05 bits per heavy atom. The minimum Gasteiger partial charge on any atom is -0.394 e. The van der Waals surface area contributed by atoms with Gasteiger partial charge in [0.25, 0.3) is 5.91 Å². The number of carbonyl (C=O) groups excluding carboxylic acids is 2. The Balaban J connectivity index is 1.28. The molecular formula is C28H29ClFN5O4. The van der Waals surface area contributed by atoms with Crippen LogP contribution in [-0.4, -0.2) is 64.2 Å². The first-order valence-electron chi connectivity index (χ1n) is 12.8. The van der Waals surface area contributed by atoms with Gasteiger partial charge in [0.1, 0.15) is 12.4 Å². The monoisotopic (exact) mass is 553 g/mol. The number of aliphatic hydroxyl groups is 1. The third kappa shape index (κ3) is 6.03. The van der Waals surface area contributed by atoms with Crippen molar-refractivity contribution in [3.63, 3.8) is 0 Å². The third-order valence-electron chi connectivity index (χ3n) is 6.94. The number of rotatable bonds is 8. The van der Waals surface area contributed by atoms with Crippen LogP contribution in [0.25, 0.3) is 11.3 Å². The Morgan fingerprint density at radius 1 is 1.26 bits per heavy atom. The summed E-state index contributed by atoms with van der Waals surface area (Å²) in [5.41, 5.74) is 3.38. The summed E-state index contributed by atoms with van der Waals surface area (Å²) in [6.45, 7) is 2.70. The summed E-state index contributed by atoms with van der Waals surface area (Å²) in [5.74, 6) is -0.879. The van der Waals surface area contributed by atoms with Gasteiger partial charge in [-0.3, -0.25) is 9.59 Å². The van der Waals surface area contributed by atoms with E-state index in [2.05, 4.69) is 20.6 Å². The summed E-state index contributed by atoms with van der Waals surface area (Å²) in [5, 5.41) is 16.1. The van der Waals surface area contributed by atoms with E-state index in [1.165, 1.54) is 17.2 Å². The fourth-order valence-corrected chi connectivity index (χ4v) is 5.07. The molecule has 1 saturated heterocycles. The van der Waals surface area contributed by atoms with E-state index in [4.69, 9.17) is 16.3 Å². The van der Waals surface area contributed by atoms with Crippen molar-refractivity contribution in [3.8, 4) is 11.3 Å². The van der Waals surface area contributed by atoms with Gasteiger partial charge in [0, 0.05) is 42.5 Å². The predicted octanol–water partition coefficient (Wildman–Crippen LogP) is 3.64. The van der Waals surface area contributed by atoms with Crippen molar-refractivity contribution < 1.29 is 23.8 Å². The maximum atomic E-state index is 14.3. The number of aliphatic hydroxyl groups excluding tert-OH is 1. The molecular weight excluding hydrogens is 525 g/mol. The molecule has 1 atom stereocenters.